The summed E-state index contributed by atoms with van der Waals surface area (Å²) in [6.07, 6.45) is 1.36. The van der Waals surface area contributed by atoms with Crippen LogP contribution >= 0.6 is 11.3 Å². The van der Waals surface area contributed by atoms with Crippen LogP contribution in [0.4, 0.5) is 0 Å². The van der Waals surface area contributed by atoms with Gasteiger partial charge in [0.25, 0.3) is 0 Å². The summed E-state index contributed by atoms with van der Waals surface area (Å²) in [6.45, 7) is 1.22. The van der Waals surface area contributed by atoms with Gasteiger partial charge in [0.1, 0.15) is 15.2 Å². The summed E-state index contributed by atoms with van der Waals surface area (Å²) in [5, 5.41) is 0.565. The Hall–Kier alpha value is -1.16. The van der Waals surface area contributed by atoms with Crippen molar-refractivity contribution in [3.8, 4) is 0 Å². The number of sulfonamides is 1. The average Bonchev–Trinajstić information content (AvgIpc) is 3.12. The molecular formula is C12H15NO5S3. The van der Waals surface area contributed by atoms with Crippen molar-refractivity contribution in [2.24, 2.45) is 0 Å². The Morgan fingerprint density at radius 3 is 2.52 bits per heavy atom. The summed E-state index contributed by atoms with van der Waals surface area (Å²) >= 11 is 1.09. The van der Waals surface area contributed by atoms with E-state index in [-0.39, 0.29) is 22.3 Å². The lowest BCUT2D eigenvalue weighted by atomic mass is 10.3. The summed E-state index contributed by atoms with van der Waals surface area (Å²) in [4.78, 5) is 0. The molecule has 0 radical (unpaired) electrons. The minimum absolute atomic E-state index is 0.114. The molecule has 0 bridgehead atoms. The molecule has 2 rings (SSSR count). The molecule has 21 heavy (non-hydrogen) atoms. The maximum atomic E-state index is 12.6. The van der Waals surface area contributed by atoms with E-state index in [4.69, 9.17) is 4.42 Å². The second-order valence-electron chi connectivity index (χ2n) is 4.23. The number of thiophene rings is 1. The summed E-state index contributed by atoms with van der Waals surface area (Å²) in [6, 6.07) is 6.22. The van der Waals surface area contributed by atoms with E-state index in [1.807, 2.05) is 0 Å². The Labute approximate surface area is 127 Å². The van der Waals surface area contributed by atoms with Gasteiger partial charge in [-0.15, -0.1) is 11.3 Å². The number of nitrogens with one attached hydrogen (secondary N) is 1. The Morgan fingerprint density at radius 2 is 2.00 bits per heavy atom. The van der Waals surface area contributed by atoms with Crippen molar-refractivity contribution in [2.45, 2.75) is 16.4 Å². The fraction of sp³-hybridized carbons (Fsp3) is 0.333. The monoisotopic (exact) mass is 349 g/mol. The van der Waals surface area contributed by atoms with Crippen LogP contribution in [-0.2, 0) is 19.9 Å². The van der Waals surface area contributed by atoms with Crippen LogP contribution in [0.5, 0.6) is 0 Å². The van der Waals surface area contributed by atoms with Gasteiger partial charge in [0.2, 0.25) is 10.0 Å². The zero-order chi connectivity index (χ0) is 15.5. The van der Waals surface area contributed by atoms with Gasteiger partial charge >= 0.3 is 0 Å². The fourth-order valence-corrected chi connectivity index (χ4v) is 5.23. The van der Waals surface area contributed by atoms with E-state index in [9.17, 15) is 16.8 Å². The summed E-state index contributed by atoms with van der Waals surface area (Å²) in [7, 11) is -7.20. The van der Waals surface area contributed by atoms with Crippen molar-refractivity contribution < 1.29 is 21.3 Å². The Morgan fingerprint density at radius 1 is 1.24 bits per heavy atom. The number of furan rings is 1. The molecule has 0 aliphatic rings. The van der Waals surface area contributed by atoms with Crippen molar-refractivity contribution in [3.05, 3.63) is 41.7 Å². The van der Waals surface area contributed by atoms with Crippen molar-refractivity contribution in [3.63, 3.8) is 0 Å². The SMILES string of the molecule is CCS(=O)(=O)NC[C@@H](c1ccco1)S(=O)(=O)c1cccs1. The van der Waals surface area contributed by atoms with Gasteiger partial charge in [-0.3, -0.25) is 0 Å². The van der Waals surface area contributed by atoms with E-state index in [2.05, 4.69) is 4.72 Å². The summed E-state index contributed by atoms with van der Waals surface area (Å²) in [5.74, 6) is 0.0962. The zero-order valence-electron chi connectivity index (χ0n) is 11.2. The van der Waals surface area contributed by atoms with Gasteiger partial charge < -0.3 is 4.42 Å². The average molecular weight is 349 g/mol. The lowest BCUT2D eigenvalue weighted by molar-refractivity contribution is 0.487. The molecule has 0 saturated heterocycles. The molecule has 0 spiro atoms. The van der Waals surface area contributed by atoms with E-state index in [1.165, 1.54) is 25.3 Å². The number of rotatable bonds is 7. The Kier molecular flexibility index (Phi) is 4.87. The number of hydrogen-bond donors (Lipinski definition) is 1. The smallest absolute Gasteiger partial charge is 0.211 e. The van der Waals surface area contributed by atoms with Crippen LogP contribution in [0.2, 0.25) is 0 Å². The van der Waals surface area contributed by atoms with Crippen LogP contribution in [0, 0.1) is 0 Å². The number of hydrogen-bond acceptors (Lipinski definition) is 6. The van der Waals surface area contributed by atoms with Gasteiger partial charge in [0.05, 0.1) is 12.0 Å². The van der Waals surface area contributed by atoms with E-state index >= 15 is 0 Å². The van der Waals surface area contributed by atoms with Crippen molar-refractivity contribution in [2.75, 3.05) is 12.3 Å². The highest BCUT2D eigenvalue weighted by atomic mass is 32.2. The van der Waals surface area contributed by atoms with Crippen molar-refractivity contribution >= 4 is 31.2 Å². The Balaban J connectivity index is 2.34. The minimum Gasteiger partial charge on any atom is -0.468 e. The van der Waals surface area contributed by atoms with E-state index in [0.717, 1.165) is 11.3 Å². The molecule has 116 valence electrons. The van der Waals surface area contributed by atoms with Crippen LogP contribution in [0.3, 0.4) is 0 Å². The maximum absolute atomic E-state index is 12.6. The third kappa shape index (κ3) is 3.73. The highest BCUT2D eigenvalue weighted by Crippen LogP contribution is 2.31. The first-order valence-corrected chi connectivity index (χ1v) is 10.2. The van der Waals surface area contributed by atoms with Crippen LogP contribution in [0.1, 0.15) is 17.9 Å². The van der Waals surface area contributed by atoms with Gasteiger partial charge in [0, 0.05) is 6.54 Å². The molecule has 0 aliphatic heterocycles. The highest BCUT2D eigenvalue weighted by molar-refractivity contribution is 7.93. The molecule has 0 aromatic carbocycles. The fourth-order valence-electron chi connectivity index (χ4n) is 1.71. The first kappa shape index (κ1) is 16.2. The quantitative estimate of drug-likeness (QED) is 0.822. The lowest BCUT2D eigenvalue weighted by Gasteiger charge is -2.15. The van der Waals surface area contributed by atoms with Crippen LogP contribution < -0.4 is 4.72 Å². The molecule has 0 saturated carbocycles. The standard InChI is InChI=1S/C12H15NO5S3/c1-2-20(14,15)13-9-11(10-5-3-7-18-10)21(16,17)12-6-4-8-19-12/h3-8,11,13H,2,9H2,1H3/t11-/m0/s1. The van der Waals surface area contributed by atoms with Crippen LogP contribution in [0.25, 0.3) is 0 Å². The first-order valence-electron chi connectivity index (χ1n) is 6.15. The molecule has 6 nitrogen and oxygen atoms in total. The molecule has 0 aliphatic carbocycles. The van der Waals surface area contributed by atoms with E-state index in [1.54, 1.807) is 17.5 Å². The highest BCUT2D eigenvalue weighted by Gasteiger charge is 2.33. The van der Waals surface area contributed by atoms with Gasteiger partial charge in [-0.1, -0.05) is 6.07 Å². The summed E-state index contributed by atoms with van der Waals surface area (Å²) < 4.78 is 56.0. The zero-order valence-corrected chi connectivity index (χ0v) is 13.7. The van der Waals surface area contributed by atoms with Crippen molar-refractivity contribution in [1.29, 1.82) is 0 Å². The lowest BCUT2D eigenvalue weighted by Crippen LogP contribution is -2.32. The number of sulfone groups is 1. The van der Waals surface area contributed by atoms with Crippen LogP contribution in [0.15, 0.2) is 44.5 Å². The second-order valence-corrected chi connectivity index (χ2v) is 9.63. The molecule has 0 amide bonds. The van der Waals surface area contributed by atoms with Gasteiger partial charge in [-0.05, 0) is 30.5 Å². The molecule has 2 aromatic heterocycles. The molecule has 2 aromatic rings. The molecular weight excluding hydrogens is 334 g/mol. The molecule has 2 heterocycles. The van der Waals surface area contributed by atoms with E-state index in [0.29, 0.717) is 0 Å². The van der Waals surface area contributed by atoms with Gasteiger partial charge in [0.15, 0.2) is 9.84 Å². The second kappa shape index (κ2) is 6.30. The maximum Gasteiger partial charge on any atom is 0.211 e. The Bertz CT molecular complexity index is 761. The first-order chi connectivity index (χ1) is 9.87. The third-order valence-corrected chi connectivity index (χ3v) is 7.74. The largest absolute Gasteiger partial charge is 0.468 e. The molecule has 1 N–H and O–H groups in total. The predicted molar refractivity (Wildman–Crippen MR) is 80.4 cm³/mol. The third-order valence-electron chi connectivity index (χ3n) is 2.88. The topological polar surface area (TPSA) is 93.4 Å². The van der Waals surface area contributed by atoms with Crippen LogP contribution in [-0.4, -0.2) is 29.1 Å². The minimum atomic E-state index is -3.71. The normalized spacial score (nSPS) is 14.1. The van der Waals surface area contributed by atoms with E-state index < -0.39 is 25.1 Å². The molecule has 0 fully saturated rings. The predicted octanol–water partition coefficient (Wildman–Crippen LogP) is 1.80. The summed E-state index contributed by atoms with van der Waals surface area (Å²) in [5.41, 5.74) is 0. The molecule has 1 atom stereocenters. The van der Waals surface area contributed by atoms with Gasteiger partial charge in [-0.25, -0.2) is 21.6 Å². The molecule has 0 unspecified atom stereocenters. The van der Waals surface area contributed by atoms with Crippen molar-refractivity contribution in [1.82, 2.24) is 4.72 Å². The van der Waals surface area contributed by atoms with Gasteiger partial charge in [-0.2, -0.15) is 0 Å². The molecule has 9 heteroatoms.